The Morgan fingerprint density at radius 2 is 1.82 bits per heavy atom. The van der Waals surface area contributed by atoms with Crippen molar-refractivity contribution in [1.82, 2.24) is 5.32 Å². The largest absolute Gasteiger partial charge is 0.481 e. The van der Waals surface area contributed by atoms with Crippen LogP contribution in [0.25, 0.3) is 0 Å². The average molecular weight is 328 g/mol. The lowest BCUT2D eigenvalue weighted by molar-refractivity contribution is -0.147. The average Bonchev–Trinajstić information content (AvgIpc) is 2.36. The summed E-state index contributed by atoms with van der Waals surface area (Å²) in [6.07, 6.45) is 1.26. The number of sulfonamides is 1. The van der Waals surface area contributed by atoms with Gasteiger partial charge < -0.3 is 10.4 Å². The predicted molar refractivity (Wildman–Crippen MR) is 83.3 cm³/mol. The molecule has 0 aliphatic rings. The fraction of sp³-hybridized carbons (Fsp3) is 0.429. The van der Waals surface area contributed by atoms with Gasteiger partial charge in [0.1, 0.15) is 0 Å². The Labute approximate surface area is 129 Å². The Balaban J connectivity index is 2.77. The quantitative estimate of drug-likeness (QED) is 0.698. The molecule has 0 heterocycles. The van der Waals surface area contributed by atoms with Crippen molar-refractivity contribution in [2.45, 2.75) is 20.3 Å². The number of amides is 1. The lowest BCUT2D eigenvalue weighted by atomic mass is 9.90. The maximum absolute atomic E-state index is 12.1. The van der Waals surface area contributed by atoms with Gasteiger partial charge in [0.2, 0.25) is 10.0 Å². The number of hydrogen-bond acceptors (Lipinski definition) is 4. The summed E-state index contributed by atoms with van der Waals surface area (Å²) < 4.78 is 24.8. The first-order chi connectivity index (χ1) is 10.0. The highest BCUT2D eigenvalue weighted by atomic mass is 32.2. The Hall–Kier alpha value is -2.09. The number of carboxylic acids is 1. The molecule has 0 aromatic heterocycles. The van der Waals surface area contributed by atoms with Crippen molar-refractivity contribution in [3.63, 3.8) is 0 Å². The molecule has 0 radical (unpaired) electrons. The monoisotopic (exact) mass is 328 g/mol. The minimum absolute atomic E-state index is 0.172. The van der Waals surface area contributed by atoms with Gasteiger partial charge >= 0.3 is 5.97 Å². The number of rotatable bonds is 7. The second-order valence-corrected chi connectivity index (χ2v) is 7.36. The first kappa shape index (κ1) is 18.0. The number of anilines is 1. The van der Waals surface area contributed by atoms with Crippen molar-refractivity contribution in [3.05, 3.63) is 29.8 Å². The molecule has 0 saturated carbocycles. The lowest BCUT2D eigenvalue weighted by Crippen LogP contribution is -2.32. The summed E-state index contributed by atoms with van der Waals surface area (Å²) in [6, 6.07) is 6.20. The molecule has 1 aromatic rings. The van der Waals surface area contributed by atoms with Crippen molar-refractivity contribution in [3.8, 4) is 0 Å². The molecule has 0 aliphatic carbocycles. The zero-order valence-corrected chi connectivity index (χ0v) is 13.5. The Kier molecular flexibility index (Phi) is 5.54. The summed E-state index contributed by atoms with van der Waals surface area (Å²) in [4.78, 5) is 23.1. The molecule has 7 nitrogen and oxygen atoms in total. The summed E-state index contributed by atoms with van der Waals surface area (Å²) >= 11 is 0. The number of nitrogens with one attached hydrogen (secondary N) is 2. The van der Waals surface area contributed by atoms with E-state index in [9.17, 15) is 18.0 Å². The summed E-state index contributed by atoms with van der Waals surface area (Å²) in [5.74, 6) is -1.41. The van der Waals surface area contributed by atoms with Crippen LogP contribution in [-0.2, 0) is 14.8 Å². The highest BCUT2D eigenvalue weighted by molar-refractivity contribution is 7.92. The molecule has 0 spiro atoms. The molecular weight excluding hydrogens is 308 g/mol. The van der Waals surface area contributed by atoms with Gasteiger partial charge in [0.25, 0.3) is 5.91 Å². The summed E-state index contributed by atoms with van der Waals surface area (Å²) in [5.41, 5.74) is -0.585. The third-order valence-electron chi connectivity index (χ3n) is 3.08. The molecule has 1 amide bonds. The molecule has 0 saturated heterocycles. The molecule has 0 unspecified atom stereocenters. The van der Waals surface area contributed by atoms with Crippen LogP contribution in [0.3, 0.4) is 0 Å². The number of carbonyl (C=O) groups excluding carboxylic acids is 1. The van der Waals surface area contributed by atoms with Crippen LogP contribution in [0.15, 0.2) is 24.3 Å². The summed E-state index contributed by atoms with van der Waals surface area (Å²) in [7, 11) is -3.50. The van der Waals surface area contributed by atoms with E-state index in [4.69, 9.17) is 5.11 Å². The third kappa shape index (κ3) is 5.36. The van der Waals surface area contributed by atoms with Crippen molar-refractivity contribution in [1.29, 1.82) is 0 Å². The van der Waals surface area contributed by atoms with Gasteiger partial charge in [0.05, 0.1) is 22.9 Å². The van der Waals surface area contributed by atoms with E-state index < -0.39 is 27.3 Å². The maximum Gasteiger partial charge on any atom is 0.309 e. The molecular formula is C14H20N2O5S. The molecule has 0 atom stereocenters. The van der Waals surface area contributed by atoms with Crippen LogP contribution in [0.2, 0.25) is 0 Å². The molecule has 0 fully saturated rings. The smallest absolute Gasteiger partial charge is 0.309 e. The first-order valence-electron chi connectivity index (χ1n) is 6.61. The minimum atomic E-state index is -3.50. The van der Waals surface area contributed by atoms with E-state index in [1.807, 2.05) is 0 Å². The van der Waals surface area contributed by atoms with Crippen molar-refractivity contribution in [2.24, 2.45) is 5.41 Å². The highest BCUT2D eigenvalue weighted by Crippen LogP contribution is 2.20. The van der Waals surface area contributed by atoms with Crippen molar-refractivity contribution in [2.75, 3.05) is 17.5 Å². The fourth-order valence-electron chi connectivity index (χ4n) is 1.66. The van der Waals surface area contributed by atoms with Crippen LogP contribution >= 0.6 is 0 Å². The summed E-state index contributed by atoms with van der Waals surface area (Å²) in [5, 5.41) is 11.6. The van der Waals surface area contributed by atoms with E-state index in [1.54, 1.807) is 26.0 Å². The van der Waals surface area contributed by atoms with Gasteiger partial charge in [0.15, 0.2) is 0 Å². The van der Waals surface area contributed by atoms with E-state index in [0.717, 1.165) is 6.26 Å². The number of carboxylic acid groups (broad SMARTS) is 1. The van der Waals surface area contributed by atoms with Crippen molar-refractivity contribution < 1.29 is 23.1 Å². The molecule has 1 aromatic carbocycles. The SMILES string of the molecule is CC(C)(CCNC(=O)c1ccccc1NS(C)(=O)=O)C(=O)O. The zero-order valence-electron chi connectivity index (χ0n) is 12.7. The van der Waals surface area contributed by atoms with Crippen LogP contribution < -0.4 is 10.0 Å². The fourth-order valence-corrected chi connectivity index (χ4v) is 2.24. The van der Waals surface area contributed by atoms with Gasteiger partial charge in [0, 0.05) is 6.54 Å². The van der Waals surface area contributed by atoms with Crippen LogP contribution in [0.1, 0.15) is 30.6 Å². The topological polar surface area (TPSA) is 113 Å². The van der Waals surface area contributed by atoms with E-state index in [1.165, 1.54) is 12.1 Å². The Bertz CT molecular complexity index is 668. The van der Waals surface area contributed by atoms with Gasteiger partial charge in [-0.1, -0.05) is 12.1 Å². The minimum Gasteiger partial charge on any atom is -0.481 e. The number of benzene rings is 1. The van der Waals surface area contributed by atoms with Crippen LogP contribution in [0.5, 0.6) is 0 Å². The molecule has 22 heavy (non-hydrogen) atoms. The van der Waals surface area contributed by atoms with Crippen molar-refractivity contribution >= 4 is 27.6 Å². The number of hydrogen-bond donors (Lipinski definition) is 3. The highest BCUT2D eigenvalue weighted by Gasteiger charge is 2.26. The van der Waals surface area contributed by atoms with Gasteiger partial charge in [-0.2, -0.15) is 0 Å². The van der Waals surface area contributed by atoms with Crippen LogP contribution in [0.4, 0.5) is 5.69 Å². The Morgan fingerprint density at radius 3 is 2.36 bits per heavy atom. The Morgan fingerprint density at radius 1 is 1.23 bits per heavy atom. The normalized spacial score (nSPS) is 11.8. The van der Waals surface area contributed by atoms with Gasteiger partial charge in [-0.25, -0.2) is 8.42 Å². The van der Waals surface area contributed by atoms with E-state index in [-0.39, 0.29) is 24.2 Å². The first-order valence-corrected chi connectivity index (χ1v) is 8.50. The van der Waals surface area contributed by atoms with E-state index in [2.05, 4.69) is 10.0 Å². The van der Waals surface area contributed by atoms with Gasteiger partial charge in [-0.15, -0.1) is 0 Å². The van der Waals surface area contributed by atoms with E-state index >= 15 is 0 Å². The van der Waals surface area contributed by atoms with Crippen LogP contribution in [-0.4, -0.2) is 38.2 Å². The van der Waals surface area contributed by atoms with Gasteiger partial charge in [-0.3, -0.25) is 14.3 Å². The maximum atomic E-state index is 12.1. The molecule has 0 aliphatic heterocycles. The number of carbonyl (C=O) groups is 2. The standard InChI is InChI=1S/C14H20N2O5S/c1-14(2,13(18)19)8-9-15-12(17)10-6-4-5-7-11(10)16-22(3,20)21/h4-7,16H,8-9H2,1-3H3,(H,15,17)(H,18,19). The van der Waals surface area contributed by atoms with Crippen LogP contribution in [0, 0.1) is 5.41 Å². The second kappa shape index (κ2) is 6.78. The zero-order chi connectivity index (χ0) is 17.0. The summed E-state index contributed by atoms with van der Waals surface area (Å²) in [6.45, 7) is 3.31. The third-order valence-corrected chi connectivity index (χ3v) is 3.67. The van der Waals surface area contributed by atoms with Gasteiger partial charge in [-0.05, 0) is 32.4 Å². The molecule has 0 bridgehead atoms. The molecule has 3 N–H and O–H groups in total. The molecule has 122 valence electrons. The number of aliphatic carboxylic acids is 1. The predicted octanol–water partition coefficient (Wildman–Crippen LogP) is 1.29. The lowest BCUT2D eigenvalue weighted by Gasteiger charge is -2.19. The second-order valence-electron chi connectivity index (χ2n) is 5.61. The molecule has 1 rings (SSSR count). The van der Waals surface area contributed by atoms with E-state index in [0.29, 0.717) is 0 Å². The molecule has 8 heteroatoms. The number of para-hydroxylation sites is 1.